The average Bonchev–Trinajstić information content (AvgIpc) is 2.50. The monoisotopic (exact) mass is 337 g/mol. The molecule has 3 nitrogen and oxygen atoms in total. The van der Waals surface area contributed by atoms with Crippen molar-refractivity contribution in [2.24, 2.45) is 5.92 Å². The third kappa shape index (κ3) is 3.41. The van der Waals surface area contributed by atoms with E-state index >= 15 is 0 Å². The first-order chi connectivity index (χ1) is 9.84. The summed E-state index contributed by atoms with van der Waals surface area (Å²) in [5, 5.41) is 3.47. The minimum atomic E-state index is 0.558. The molecule has 2 fully saturated rings. The van der Waals surface area contributed by atoms with Crippen molar-refractivity contribution in [1.82, 2.24) is 15.2 Å². The molecule has 1 aromatic rings. The first-order valence-electron chi connectivity index (χ1n) is 7.90. The molecular weight excluding hydrogens is 314 g/mol. The highest BCUT2D eigenvalue weighted by atomic mass is 79.9. The van der Waals surface area contributed by atoms with Crippen molar-refractivity contribution in [2.45, 2.75) is 38.1 Å². The van der Waals surface area contributed by atoms with Crippen LogP contribution < -0.4 is 5.32 Å². The molecule has 1 atom stereocenters. The molecule has 1 aliphatic heterocycles. The molecule has 0 bridgehead atoms. The van der Waals surface area contributed by atoms with Crippen molar-refractivity contribution in [3.05, 3.63) is 28.5 Å². The highest BCUT2D eigenvalue weighted by molar-refractivity contribution is 9.10. The third-order valence-corrected chi connectivity index (χ3v) is 5.14. The van der Waals surface area contributed by atoms with Crippen LogP contribution in [0.2, 0.25) is 0 Å². The second-order valence-corrected chi connectivity index (χ2v) is 6.98. The molecule has 1 N–H and O–H groups in total. The van der Waals surface area contributed by atoms with Crippen molar-refractivity contribution in [3.63, 3.8) is 0 Å². The zero-order valence-corrected chi connectivity index (χ0v) is 13.6. The van der Waals surface area contributed by atoms with Crippen LogP contribution in [0.1, 0.15) is 43.7 Å². The van der Waals surface area contributed by atoms with Crippen LogP contribution in [0.25, 0.3) is 0 Å². The molecule has 0 amide bonds. The van der Waals surface area contributed by atoms with Crippen LogP contribution in [0.4, 0.5) is 0 Å². The highest BCUT2D eigenvalue weighted by Gasteiger charge is 2.31. The number of pyridine rings is 1. The smallest absolute Gasteiger partial charge is 0.0410 e. The summed E-state index contributed by atoms with van der Waals surface area (Å²) in [6.07, 6.45) is 10.9. The summed E-state index contributed by atoms with van der Waals surface area (Å²) in [6.45, 7) is 4.55. The molecule has 0 radical (unpaired) electrons. The zero-order chi connectivity index (χ0) is 13.8. The molecule has 0 spiro atoms. The SMILES string of the molecule is Brc1cncc([C@@H](C2CCCCC2)N2CCNCC2)c1. The van der Waals surface area contributed by atoms with Crippen LogP contribution in [0, 0.1) is 5.92 Å². The number of aromatic nitrogens is 1. The van der Waals surface area contributed by atoms with Gasteiger partial charge in [-0.3, -0.25) is 9.88 Å². The van der Waals surface area contributed by atoms with E-state index in [4.69, 9.17) is 0 Å². The molecule has 110 valence electrons. The number of piperazine rings is 1. The van der Waals surface area contributed by atoms with E-state index in [-0.39, 0.29) is 0 Å². The van der Waals surface area contributed by atoms with Crippen LogP contribution >= 0.6 is 15.9 Å². The summed E-state index contributed by atoms with van der Waals surface area (Å²) < 4.78 is 1.10. The molecule has 0 unspecified atom stereocenters. The van der Waals surface area contributed by atoms with Gasteiger partial charge < -0.3 is 5.32 Å². The summed E-state index contributed by atoms with van der Waals surface area (Å²) in [4.78, 5) is 7.08. The van der Waals surface area contributed by atoms with Gasteiger partial charge in [0.25, 0.3) is 0 Å². The van der Waals surface area contributed by atoms with E-state index in [1.165, 1.54) is 37.7 Å². The molecule has 1 saturated heterocycles. The summed E-state index contributed by atoms with van der Waals surface area (Å²) >= 11 is 3.59. The lowest BCUT2D eigenvalue weighted by molar-refractivity contribution is 0.103. The Kier molecular flexibility index (Phi) is 5.08. The number of hydrogen-bond acceptors (Lipinski definition) is 3. The van der Waals surface area contributed by atoms with Gasteiger partial charge in [0.2, 0.25) is 0 Å². The van der Waals surface area contributed by atoms with Gasteiger partial charge >= 0.3 is 0 Å². The van der Waals surface area contributed by atoms with Crippen molar-refractivity contribution >= 4 is 15.9 Å². The van der Waals surface area contributed by atoms with Crippen molar-refractivity contribution < 1.29 is 0 Å². The lowest BCUT2D eigenvalue weighted by atomic mass is 9.80. The second kappa shape index (κ2) is 7.01. The number of nitrogens with one attached hydrogen (secondary N) is 1. The number of hydrogen-bond donors (Lipinski definition) is 1. The average molecular weight is 338 g/mol. The van der Waals surface area contributed by atoms with E-state index < -0.39 is 0 Å². The van der Waals surface area contributed by atoms with Gasteiger partial charge in [0.15, 0.2) is 0 Å². The number of halogens is 1. The molecule has 20 heavy (non-hydrogen) atoms. The van der Waals surface area contributed by atoms with Crippen LogP contribution in [-0.4, -0.2) is 36.1 Å². The maximum Gasteiger partial charge on any atom is 0.0410 e. The predicted molar refractivity (Wildman–Crippen MR) is 85.7 cm³/mol. The van der Waals surface area contributed by atoms with Crippen LogP contribution in [0.3, 0.4) is 0 Å². The lowest BCUT2D eigenvalue weighted by Crippen LogP contribution is -2.47. The van der Waals surface area contributed by atoms with Gasteiger partial charge in [-0.05, 0) is 46.3 Å². The Bertz CT molecular complexity index is 407. The van der Waals surface area contributed by atoms with Crippen LogP contribution in [0.15, 0.2) is 22.9 Å². The first kappa shape index (κ1) is 14.5. The minimum absolute atomic E-state index is 0.558. The molecule has 1 aromatic heterocycles. The molecular formula is C16H24BrN3. The normalized spacial score (nSPS) is 23.6. The van der Waals surface area contributed by atoms with Gasteiger partial charge in [-0.1, -0.05) is 19.3 Å². The summed E-state index contributed by atoms with van der Waals surface area (Å²) in [5.74, 6) is 0.804. The standard InChI is InChI=1S/C16H24BrN3/c17-15-10-14(11-19-12-15)16(13-4-2-1-3-5-13)20-8-6-18-7-9-20/h10-13,16,18H,1-9H2/t16-/m1/s1. The Balaban J connectivity index is 1.85. The van der Waals surface area contributed by atoms with Crippen LogP contribution in [0.5, 0.6) is 0 Å². The first-order valence-corrected chi connectivity index (χ1v) is 8.69. The predicted octanol–water partition coefficient (Wildman–Crippen LogP) is 3.37. The molecule has 3 rings (SSSR count). The van der Waals surface area contributed by atoms with Crippen LogP contribution in [-0.2, 0) is 0 Å². The Morgan fingerprint density at radius 1 is 1.15 bits per heavy atom. The lowest BCUT2D eigenvalue weighted by Gasteiger charge is -2.41. The van der Waals surface area contributed by atoms with E-state index in [2.05, 4.69) is 43.4 Å². The topological polar surface area (TPSA) is 28.2 Å². The molecule has 0 aromatic carbocycles. The molecule has 1 saturated carbocycles. The van der Waals surface area contributed by atoms with Crippen molar-refractivity contribution in [2.75, 3.05) is 26.2 Å². The number of rotatable bonds is 3. The van der Waals surface area contributed by atoms with E-state index in [0.717, 1.165) is 36.6 Å². The summed E-state index contributed by atoms with van der Waals surface area (Å²) in [6, 6.07) is 2.83. The van der Waals surface area contributed by atoms with Gasteiger partial charge in [0, 0.05) is 49.1 Å². The molecule has 1 aliphatic carbocycles. The quantitative estimate of drug-likeness (QED) is 0.916. The van der Waals surface area contributed by atoms with Gasteiger partial charge in [-0.15, -0.1) is 0 Å². The maximum atomic E-state index is 4.41. The Labute approximate surface area is 130 Å². The summed E-state index contributed by atoms with van der Waals surface area (Å²) in [5.41, 5.74) is 1.40. The number of nitrogens with zero attached hydrogens (tertiary/aromatic N) is 2. The van der Waals surface area contributed by atoms with E-state index in [9.17, 15) is 0 Å². The van der Waals surface area contributed by atoms with Gasteiger partial charge in [0.05, 0.1) is 0 Å². The van der Waals surface area contributed by atoms with Gasteiger partial charge in [-0.25, -0.2) is 0 Å². The fourth-order valence-corrected chi connectivity index (χ4v) is 4.16. The second-order valence-electron chi connectivity index (χ2n) is 6.07. The van der Waals surface area contributed by atoms with Gasteiger partial charge in [-0.2, -0.15) is 0 Å². The van der Waals surface area contributed by atoms with Crippen molar-refractivity contribution in [1.29, 1.82) is 0 Å². The molecule has 2 heterocycles. The molecule has 4 heteroatoms. The minimum Gasteiger partial charge on any atom is -0.314 e. The van der Waals surface area contributed by atoms with Gasteiger partial charge in [0.1, 0.15) is 0 Å². The van der Waals surface area contributed by atoms with E-state index in [1.54, 1.807) is 0 Å². The molecule has 2 aliphatic rings. The van der Waals surface area contributed by atoms with Crippen molar-refractivity contribution in [3.8, 4) is 0 Å². The maximum absolute atomic E-state index is 4.41. The summed E-state index contributed by atoms with van der Waals surface area (Å²) in [7, 11) is 0. The zero-order valence-electron chi connectivity index (χ0n) is 12.0. The largest absolute Gasteiger partial charge is 0.314 e. The fraction of sp³-hybridized carbons (Fsp3) is 0.688. The van der Waals surface area contributed by atoms with E-state index in [1.807, 2.05) is 6.20 Å². The Morgan fingerprint density at radius 2 is 1.90 bits per heavy atom. The Morgan fingerprint density at radius 3 is 2.60 bits per heavy atom. The third-order valence-electron chi connectivity index (χ3n) is 4.71. The fourth-order valence-electron chi connectivity index (χ4n) is 3.78. The Hall–Kier alpha value is -0.450. The highest BCUT2D eigenvalue weighted by Crippen LogP contribution is 2.38. The van der Waals surface area contributed by atoms with E-state index in [0.29, 0.717) is 6.04 Å².